The second kappa shape index (κ2) is 5.90. The normalized spacial score (nSPS) is 22.7. The smallest absolute Gasteiger partial charge is 0.231 e. The molecule has 110 valence electrons. The van der Waals surface area contributed by atoms with Crippen LogP contribution in [0.1, 0.15) is 0 Å². The van der Waals surface area contributed by atoms with Crippen LogP contribution in [0, 0.1) is 5.92 Å². The van der Waals surface area contributed by atoms with Crippen LogP contribution >= 0.6 is 0 Å². The number of likely N-dealkylation sites (N-methyl/N-ethyl adjacent to an activating group) is 1. The Balaban J connectivity index is 2.20. The molecule has 0 aliphatic carbocycles. The van der Waals surface area contributed by atoms with Crippen LogP contribution in [0.25, 0.3) is 0 Å². The Morgan fingerprint density at radius 3 is 2.65 bits per heavy atom. The first-order valence-electron chi connectivity index (χ1n) is 6.28. The highest BCUT2D eigenvalue weighted by Crippen LogP contribution is 2.23. The first-order valence-corrected chi connectivity index (χ1v) is 8.17. The lowest BCUT2D eigenvalue weighted by atomic mass is 10.0. The SMILES string of the molecule is CNC1COCC1C(=O)Nc1ccccc1S(C)(=O)=O. The van der Waals surface area contributed by atoms with E-state index >= 15 is 0 Å². The predicted octanol–water partition coefficient (Wildman–Crippen LogP) is 0.263. The third kappa shape index (κ3) is 3.17. The first-order chi connectivity index (χ1) is 9.43. The first kappa shape index (κ1) is 15.0. The van der Waals surface area contributed by atoms with Crippen molar-refractivity contribution in [3.8, 4) is 0 Å². The number of nitrogens with one attached hydrogen (secondary N) is 2. The molecule has 2 atom stereocenters. The Hall–Kier alpha value is -1.44. The monoisotopic (exact) mass is 298 g/mol. The number of ether oxygens (including phenoxy) is 1. The highest BCUT2D eigenvalue weighted by atomic mass is 32.2. The zero-order valence-electron chi connectivity index (χ0n) is 11.4. The summed E-state index contributed by atoms with van der Waals surface area (Å²) in [5.74, 6) is -0.564. The topological polar surface area (TPSA) is 84.5 Å². The summed E-state index contributed by atoms with van der Waals surface area (Å²) in [5.41, 5.74) is 0.307. The lowest BCUT2D eigenvalue weighted by molar-refractivity contribution is -0.120. The molecule has 6 nitrogen and oxygen atoms in total. The molecule has 1 amide bonds. The molecule has 20 heavy (non-hydrogen) atoms. The van der Waals surface area contributed by atoms with Gasteiger partial charge in [0.15, 0.2) is 9.84 Å². The van der Waals surface area contributed by atoms with Crippen molar-refractivity contribution >= 4 is 21.4 Å². The van der Waals surface area contributed by atoms with Crippen molar-refractivity contribution < 1.29 is 17.9 Å². The number of rotatable bonds is 4. The molecule has 0 aromatic heterocycles. The van der Waals surface area contributed by atoms with Crippen molar-refractivity contribution in [2.24, 2.45) is 5.92 Å². The third-order valence-corrected chi connectivity index (χ3v) is 4.49. The highest BCUT2D eigenvalue weighted by molar-refractivity contribution is 7.90. The molecule has 1 aliphatic heterocycles. The third-order valence-electron chi connectivity index (χ3n) is 3.33. The summed E-state index contributed by atoms with van der Waals surface area (Å²) >= 11 is 0. The summed E-state index contributed by atoms with van der Waals surface area (Å²) in [4.78, 5) is 12.4. The molecule has 2 unspecified atom stereocenters. The van der Waals surface area contributed by atoms with Crippen molar-refractivity contribution in [1.82, 2.24) is 5.32 Å². The fourth-order valence-electron chi connectivity index (χ4n) is 2.22. The highest BCUT2D eigenvalue weighted by Gasteiger charge is 2.33. The van der Waals surface area contributed by atoms with Gasteiger partial charge >= 0.3 is 0 Å². The molecule has 0 bridgehead atoms. The number of hydrogen-bond acceptors (Lipinski definition) is 5. The molecule has 0 saturated carbocycles. The number of hydrogen-bond donors (Lipinski definition) is 2. The van der Waals surface area contributed by atoms with Gasteiger partial charge in [0.2, 0.25) is 5.91 Å². The number of amides is 1. The van der Waals surface area contributed by atoms with Crippen LogP contribution in [-0.2, 0) is 19.4 Å². The summed E-state index contributed by atoms with van der Waals surface area (Å²) in [6.07, 6.45) is 1.12. The molecule has 0 radical (unpaired) electrons. The Kier molecular flexibility index (Phi) is 4.42. The van der Waals surface area contributed by atoms with Crippen molar-refractivity contribution in [1.29, 1.82) is 0 Å². The number of carbonyl (C=O) groups excluding carboxylic acids is 1. The Bertz CT molecular complexity index is 600. The van der Waals surface area contributed by atoms with E-state index in [4.69, 9.17) is 4.74 Å². The lowest BCUT2D eigenvalue weighted by Gasteiger charge is -2.17. The van der Waals surface area contributed by atoms with Gasteiger partial charge in [-0.1, -0.05) is 12.1 Å². The van der Waals surface area contributed by atoms with E-state index < -0.39 is 9.84 Å². The van der Waals surface area contributed by atoms with E-state index in [-0.39, 0.29) is 22.8 Å². The molecule has 1 aromatic carbocycles. The van der Waals surface area contributed by atoms with Gasteiger partial charge in [-0.05, 0) is 19.2 Å². The largest absolute Gasteiger partial charge is 0.379 e. The summed E-state index contributed by atoms with van der Waals surface area (Å²) < 4.78 is 28.7. The number of para-hydroxylation sites is 1. The van der Waals surface area contributed by atoms with Crippen molar-refractivity contribution in [2.45, 2.75) is 10.9 Å². The van der Waals surface area contributed by atoms with E-state index in [1.165, 1.54) is 6.07 Å². The van der Waals surface area contributed by atoms with Gasteiger partial charge in [-0.3, -0.25) is 4.79 Å². The van der Waals surface area contributed by atoms with Crippen LogP contribution in [-0.4, -0.2) is 46.9 Å². The molecule has 1 aliphatic rings. The molecule has 1 saturated heterocycles. The number of sulfone groups is 1. The van der Waals surface area contributed by atoms with Crippen molar-refractivity contribution in [3.63, 3.8) is 0 Å². The summed E-state index contributed by atoms with van der Waals surface area (Å²) in [7, 11) is -1.62. The van der Waals surface area contributed by atoms with Crippen molar-refractivity contribution in [2.75, 3.05) is 31.8 Å². The van der Waals surface area contributed by atoms with E-state index in [9.17, 15) is 13.2 Å². The predicted molar refractivity (Wildman–Crippen MR) is 75.3 cm³/mol. The Labute approximate surface area is 118 Å². The maximum atomic E-state index is 12.2. The van der Waals surface area contributed by atoms with Gasteiger partial charge in [-0.15, -0.1) is 0 Å². The second-order valence-electron chi connectivity index (χ2n) is 4.80. The average molecular weight is 298 g/mol. The van der Waals surface area contributed by atoms with Crippen LogP contribution in [0.4, 0.5) is 5.69 Å². The summed E-state index contributed by atoms with van der Waals surface area (Å²) in [6, 6.07) is 6.32. The van der Waals surface area contributed by atoms with Crippen molar-refractivity contribution in [3.05, 3.63) is 24.3 Å². The number of benzene rings is 1. The fourth-order valence-corrected chi connectivity index (χ4v) is 3.06. The minimum Gasteiger partial charge on any atom is -0.379 e. The standard InChI is InChI=1S/C13H18N2O4S/c1-14-11-8-19-7-9(11)13(16)15-10-5-3-4-6-12(10)20(2,17)18/h3-6,9,11,14H,7-8H2,1-2H3,(H,15,16). The van der Waals surface area contributed by atoms with Crippen LogP contribution in [0.2, 0.25) is 0 Å². The van der Waals surface area contributed by atoms with E-state index in [2.05, 4.69) is 10.6 Å². The Morgan fingerprint density at radius 2 is 2.00 bits per heavy atom. The van der Waals surface area contributed by atoms with Crippen LogP contribution < -0.4 is 10.6 Å². The molecule has 1 fully saturated rings. The maximum Gasteiger partial charge on any atom is 0.231 e. The van der Waals surface area contributed by atoms with Gasteiger partial charge in [0.1, 0.15) is 0 Å². The Morgan fingerprint density at radius 1 is 1.30 bits per heavy atom. The molecule has 2 N–H and O–H groups in total. The average Bonchev–Trinajstić information content (AvgIpc) is 2.86. The summed E-state index contributed by atoms with van der Waals surface area (Å²) in [6.45, 7) is 0.806. The quantitative estimate of drug-likeness (QED) is 0.833. The van der Waals surface area contributed by atoms with E-state index in [0.717, 1.165) is 6.26 Å². The number of anilines is 1. The summed E-state index contributed by atoms with van der Waals surface area (Å²) in [5, 5.41) is 5.71. The van der Waals surface area contributed by atoms with Gasteiger partial charge in [-0.25, -0.2) is 8.42 Å². The van der Waals surface area contributed by atoms with Crippen LogP contribution in [0.5, 0.6) is 0 Å². The maximum absolute atomic E-state index is 12.2. The van der Waals surface area contributed by atoms with Crippen LogP contribution in [0.3, 0.4) is 0 Å². The van der Waals surface area contributed by atoms with Gasteiger partial charge in [0.05, 0.1) is 29.7 Å². The van der Waals surface area contributed by atoms with E-state index in [1.54, 1.807) is 25.2 Å². The van der Waals surface area contributed by atoms with E-state index in [1.807, 2.05) is 0 Å². The second-order valence-corrected chi connectivity index (χ2v) is 6.78. The lowest BCUT2D eigenvalue weighted by Crippen LogP contribution is -2.39. The molecule has 2 rings (SSSR count). The van der Waals surface area contributed by atoms with Gasteiger partial charge in [-0.2, -0.15) is 0 Å². The van der Waals surface area contributed by atoms with Gasteiger partial charge in [0, 0.05) is 12.3 Å². The number of carbonyl (C=O) groups is 1. The molecule has 1 heterocycles. The minimum absolute atomic E-state index is 0.0552. The zero-order chi connectivity index (χ0) is 14.8. The van der Waals surface area contributed by atoms with Gasteiger partial charge < -0.3 is 15.4 Å². The zero-order valence-corrected chi connectivity index (χ0v) is 12.2. The molecular formula is C13H18N2O4S. The van der Waals surface area contributed by atoms with Gasteiger partial charge in [0.25, 0.3) is 0 Å². The minimum atomic E-state index is -3.38. The molecule has 1 aromatic rings. The molecule has 7 heteroatoms. The van der Waals surface area contributed by atoms with E-state index in [0.29, 0.717) is 18.9 Å². The molecule has 0 spiro atoms. The molecular weight excluding hydrogens is 280 g/mol. The fraction of sp³-hybridized carbons (Fsp3) is 0.462. The van der Waals surface area contributed by atoms with Crippen LogP contribution in [0.15, 0.2) is 29.2 Å².